The Hall–Kier alpha value is -1.75. The van der Waals surface area contributed by atoms with Crippen LogP contribution in [0, 0.1) is 5.92 Å². The van der Waals surface area contributed by atoms with E-state index in [1.807, 2.05) is 18.2 Å². The second kappa shape index (κ2) is 10.9. The molecule has 0 aromatic heterocycles. The Balaban J connectivity index is 1.70. The molecule has 1 saturated carbocycles. The molecule has 0 unspecified atom stereocenters. The van der Waals surface area contributed by atoms with Crippen molar-refractivity contribution in [3.05, 3.63) is 29.8 Å². The van der Waals surface area contributed by atoms with Gasteiger partial charge in [0, 0.05) is 39.4 Å². The first-order valence-corrected chi connectivity index (χ1v) is 8.97. The zero-order chi connectivity index (χ0) is 17.0. The van der Waals surface area contributed by atoms with E-state index in [0.717, 1.165) is 56.6 Å². The van der Waals surface area contributed by atoms with Crippen molar-refractivity contribution in [2.75, 3.05) is 33.9 Å². The van der Waals surface area contributed by atoms with E-state index in [1.165, 1.54) is 18.4 Å². The van der Waals surface area contributed by atoms with E-state index in [4.69, 9.17) is 9.47 Å². The van der Waals surface area contributed by atoms with Gasteiger partial charge in [-0.1, -0.05) is 18.2 Å². The molecule has 2 rings (SSSR count). The lowest BCUT2D eigenvalue weighted by Crippen LogP contribution is -2.37. The van der Waals surface area contributed by atoms with Gasteiger partial charge in [0.1, 0.15) is 5.75 Å². The molecule has 24 heavy (non-hydrogen) atoms. The van der Waals surface area contributed by atoms with Crippen LogP contribution in [0.3, 0.4) is 0 Å². The number of hydrogen-bond donors (Lipinski definition) is 2. The van der Waals surface area contributed by atoms with Crippen molar-refractivity contribution in [2.45, 2.75) is 38.6 Å². The lowest BCUT2D eigenvalue weighted by molar-refractivity contribution is 0.192. The fourth-order valence-electron chi connectivity index (χ4n) is 2.44. The molecule has 5 nitrogen and oxygen atoms in total. The Kier molecular flexibility index (Phi) is 8.46. The molecule has 1 fully saturated rings. The highest BCUT2D eigenvalue weighted by atomic mass is 16.5. The summed E-state index contributed by atoms with van der Waals surface area (Å²) in [6, 6.07) is 8.23. The monoisotopic (exact) mass is 333 g/mol. The first-order chi connectivity index (χ1) is 11.8. The number of nitrogens with zero attached hydrogens (tertiary/aromatic N) is 1. The maximum absolute atomic E-state index is 5.95. The lowest BCUT2D eigenvalue weighted by Gasteiger charge is -2.14. The smallest absolute Gasteiger partial charge is 0.191 e. The van der Waals surface area contributed by atoms with Crippen molar-refractivity contribution >= 4 is 5.96 Å². The maximum atomic E-state index is 5.95. The predicted molar refractivity (Wildman–Crippen MR) is 98.6 cm³/mol. The fraction of sp³-hybridized carbons (Fsp3) is 0.632. The quantitative estimate of drug-likeness (QED) is 0.371. The molecule has 1 aliphatic carbocycles. The summed E-state index contributed by atoms with van der Waals surface area (Å²) in [5, 5.41) is 6.72. The first-order valence-electron chi connectivity index (χ1n) is 8.97. The minimum absolute atomic E-state index is 0.712. The summed E-state index contributed by atoms with van der Waals surface area (Å²) in [5.41, 5.74) is 1.17. The third-order valence-corrected chi connectivity index (χ3v) is 4.13. The molecule has 0 amide bonds. The summed E-state index contributed by atoms with van der Waals surface area (Å²) >= 11 is 0. The van der Waals surface area contributed by atoms with Crippen molar-refractivity contribution in [1.29, 1.82) is 0 Å². The van der Waals surface area contributed by atoms with Crippen LogP contribution in [-0.4, -0.2) is 39.9 Å². The fourth-order valence-corrected chi connectivity index (χ4v) is 2.44. The van der Waals surface area contributed by atoms with Crippen LogP contribution < -0.4 is 15.4 Å². The summed E-state index contributed by atoms with van der Waals surface area (Å²) < 4.78 is 11.0. The van der Waals surface area contributed by atoms with E-state index in [9.17, 15) is 0 Å². The Morgan fingerprint density at radius 3 is 2.75 bits per heavy atom. The molecule has 1 aromatic rings. The molecule has 1 aromatic carbocycles. The predicted octanol–water partition coefficient (Wildman–Crippen LogP) is 2.96. The lowest BCUT2D eigenvalue weighted by atomic mass is 10.2. The van der Waals surface area contributed by atoms with Gasteiger partial charge in [-0.3, -0.25) is 4.99 Å². The SMILES string of the molecule is CN=C(NCCCCCOC)NCc1ccccc1OCC1CC1. The van der Waals surface area contributed by atoms with Crippen molar-refractivity contribution < 1.29 is 9.47 Å². The first kappa shape index (κ1) is 18.6. The van der Waals surface area contributed by atoms with Crippen LogP contribution in [0.4, 0.5) is 0 Å². The van der Waals surface area contributed by atoms with Gasteiger partial charge in [-0.05, 0) is 44.1 Å². The van der Waals surface area contributed by atoms with Crippen LogP contribution in [0.1, 0.15) is 37.7 Å². The average Bonchev–Trinajstić information content (AvgIpc) is 3.44. The summed E-state index contributed by atoms with van der Waals surface area (Å²) in [7, 11) is 3.55. The third kappa shape index (κ3) is 7.21. The van der Waals surface area contributed by atoms with E-state index < -0.39 is 0 Å². The van der Waals surface area contributed by atoms with Crippen LogP contribution in [0.15, 0.2) is 29.3 Å². The number of aliphatic imine (C=N–C) groups is 1. The van der Waals surface area contributed by atoms with Crippen LogP contribution >= 0.6 is 0 Å². The molecule has 0 saturated heterocycles. The zero-order valence-electron chi connectivity index (χ0n) is 15.0. The average molecular weight is 333 g/mol. The molecule has 0 bridgehead atoms. The van der Waals surface area contributed by atoms with Gasteiger partial charge in [0.25, 0.3) is 0 Å². The summed E-state index contributed by atoms with van der Waals surface area (Å²) in [5.74, 6) is 2.57. The topological polar surface area (TPSA) is 54.9 Å². The number of benzene rings is 1. The van der Waals surface area contributed by atoms with Crippen molar-refractivity contribution in [3.63, 3.8) is 0 Å². The highest BCUT2D eigenvalue weighted by molar-refractivity contribution is 5.79. The molecule has 0 atom stereocenters. The third-order valence-electron chi connectivity index (χ3n) is 4.13. The second-order valence-electron chi connectivity index (χ2n) is 6.27. The molecular weight excluding hydrogens is 302 g/mol. The van der Waals surface area contributed by atoms with E-state index in [2.05, 4.69) is 21.7 Å². The molecule has 5 heteroatoms. The molecule has 0 radical (unpaired) electrons. The van der Waals surface area contributed by atoms with Crippen molar-refractivity contribution in [2.24, 2.45) is 10.9 Å². The molecular formula is C19H31N3O2. The zero-order valence-corrected chi connectivity index (χ0v) is 15.0. The van der Waals surface area contributed by atoms with Gasteiger partial charge >= 0.3 is 0 Å². The normalized spacial score (nSPS) is 14.5. The highest BCUT2D eigenvalue weighted by Crippen LogP contribution is 2.30. The van der Waals surface area contributed by atoms with Crippen molar-refractivity contribution in [1.82, 2.24) is 10.6 Å². The Labute approximate surface area is 145 Å². The van der Waals surface area contributed by atoms with Crippen LogP contribution in [0.5, 0.6) is 5.75 Å². The van der Waals surface area contributed by atoms with E-state index in [-0.39, 0.29) is 0 Å². The Morgan fingerprint density at radius 2 is 2.00 bits per heavy atom. The molecule has 0 heterocycles. The molecule has 0 spiro atoms. The standard InChI is InChI=1S/C19H31N3O2/c1-20-19(21-12-6-3-7-13-23-2)22-14-17-8-4-5-9-18(17)24-15-16-10-11-16/h4-5,8-9,16H,3,6-7,10-15H2,1-2H3,(H2,20,21,22). The summed E-state index contributed by atoms with van der Waals surface area (Å²) in [6.07, 6.45) is 6.00. The Morgan fingerprint density at radius 1 is 1.17 bits per heavy atom. The highest BCUT2D eigenvalue weighted by Gasteiger charge is 2.22. The van der Waals surface area contributed by atoms with Crippen LogP contribution in [-0.2, 0) is 11.3 Å². The number of rotatable bonds is 11. The van der Waals surface area contributed by atoms with E-state index in [1.54, 1.807) is 14.2 Å². The number of methoxy groups -OCH3 is 1. The van der Waals surface area contributed by atoms with Crippen molar-refractivity contribution in [3.8, 4) is 5.75 Å². The Bertz CT molecular complexity index is 501. The van der Waals surface area contributed by atoms with Gasteiger partial charge in [-0.2, -0.15) is 0 Å². The van der Waals surface area contributed by atoms with Crippen LogP contribution in [0.25, 0.3) is 0 Å². The van der Waals surface area contributed by atoms with Gasteiger partial charge in [0.2, 0.25) is 0 Å². The van der Waals surface area contributed by atoms with Gasteiger partial charge in [-0.15, -0.1) is 0 Å². The molecule has 1 aliphatic rings. The van der Waals surface area contributed by atoms with Crippen LogP contribution in [0.2, 0.25) is 0 Å². The number of para-hydroxylation sites is 1. The van der Waals surface area contributed by atoms with E-state index in [0.29, 0.717) is 6.54 Å². The number of hydrogen-bond acceptors (Lipinski definition) is 3. The minimum atomic E-state index is 0.712. The summed E-state index contributed by atoms with van der Waals surface area (Å²) in [4.78, 5) is 4.28. The van der Waals surface area contributed by atoms with E-state index >= 15 is 0 Å². The maximum Gasteiger partial charge on any atom is 0.191 e. The number of unbranched alkanes of at least 4 members (excludes halogenated alkanes) is 2. The summed E-state index contributed by atoms with van der Waals surface area (Å²) in [6.45, 7) is 3.31. The van der Waals surface area contributed by atoms with Gasteiger partial charge in [-0.25, -0.2) is 0 Å². The number of ether oxygens (including phenoxy) is 2. The molecule has 134 valence electrons. The van der Waals surface area contributed by atoms with Gasteiger partial charge < -0.3 is 20.1 Å². The molecule has 0 aliphatic heterocycles. The number of nitrogens with one attached hydrogen (secondary N) is 2. The minimum Gasteiger partial charge on any atom is -0.493 e. The number of guanidine groups is 1. The van der Waals surface area contributed by atoms with Gasteiger partial charge in [0.05, 0.1) is 6.61 Å². The second-order valence-corrected chi connectivity index (χ2v) is 6.27. The molecule has 2 N–H and O–H groups in total. The van der Waals surface area contributed by atoms with Gasteiger partial charge in [0.15, 0.2) is 5.96 Å². The largest absolute Gasteiger partial charge is 0.493 e.